The van der Waals surface area contributed by atoms with Gasteiger partial charge in [-0.05, 0) is 42.8 Å². The molecule has 2 aromatic rings. The highest BCUT2D eigenvalue weighted by atomic mass is 32.2. The van der Waals surface area contributed by atoms with Gasteiger partial charge in [0.05, 0.1) is 12.3 Å². The number of amides is 2. The van der Waals surface area contributed by atoms with E-state index in [9.17, 15) is 9.59 Å². The summed E-state index contributed by atoms with van der Waals surface area (Å²) in [5, 5.41) is 5.59. The number of para-hydroxylation sites is 1. The summed E-state index contributed by atoms with van der Waals surface area (Å²) in [7, 11) is 0. The molecule has 0 spiro atoms. The maximum Gasteiger partial charge on any atom is 0.240 e. The molecule has 1 saturated heterocycles. The minimum atomic E-state index is -0.487. The van der Waals surface area contributed by atoms with Crippen LogP contribution >= 0.6 is 11.8 Å². The normalized spacial score (nSPS) is 17.2. The molecule has 6 nitrogen and oxygen atoms in total. The Morgan fingerprint density at radius 2 is 1.90 bits per heavy atom. The van der Waals surface area contributed by atoms with E-state index in [4.69, 9.17) is 4.74 Å². The monoisotopic (exact) mass is 411 g/mol. The van der Waals surface area contributed by atoms with Crippen LogP contribution in [0.5, 0.6) is 5.75 Å². The average molecular weight is 412 g/mol. The highest BCUT2D eigenvalue weighted by Gasteiger charge is 2.32. The maximum atomic E-state index is 12.3. The molecule has 0 radical (unpaired) electrons. The molecule has 1 unspecified atom stereocenters. The molecule has 1 aliphatic heterocycles. The first-order valence-corrected chi connectivity index (χ1v) is 10.7. The highest BCUT2D eigenvalue weighted by Crippen LogP contribution is 2.25. The summed E-state index contributed by atoms with van der Waals surface area (Å²) < 4.78 is 5.67. The Morgan fingerprint density at radius 3 is 2.62 bits per heavy atom. The first kappa shape index (κ1) is 20.9. The average Bonchev–Trinajstić information content (AvgIpc) is 3.06. The van der Waals surface area contributed by atoms with Gasteiger partial charge in [-0.1, -0.05) is 49.7 Å². The van der Waals surface area contributed by atoms with Gasteiger partial charge in [-0.3, -0.25) is 9.59 Å². The summed E-state index contributed by atoms with van der Waals surface area (Å²) >= 11 is 1.28. The topological polar surface area (TPSA) is 79.8 Å². The van der Waals surface area contributed by atoms with Gasteiger partial charge in [-0.25, -0.2) is 4.99 Å². The number of rotatable bonds is 9. The van der Waals surface area contributed by atoms with Gasteiger partial charge in [0.1, 0.15) is 11.0 Å². The van der Waals surface area contributed by atoms with Crippen molar-refractivity contribution in [2.75, 3.05) is 11.9 Å². The molecular formula is C22H25N3O3S. The number of carbonyl (C=O) groups is 2. The van der Waals surface area contributed by atoms with Crippen molar-refractivity contribution >= 4 is 40.1 Å². The molecule has 0 aromatic heterocycles. The number of thioether (sulfide) groups is 1. The van der Waals surface area contributed by atoms with Gasteiger partial charge >= 0.3 is 0 Å². The van der Waals surface area contributed by atoms with Crippen LogP contribution in [0.25, 0.3) is 0 Å². The van der Waals surface area contributed by atoms with E-state index in [2.05, 4.69) is 22.5 Å². The van der Waals surface area contributed by atoms with Gasteiger partial charge in [0.2, 0.25) is 11.8 Å². The van der Waals surface area contributed by atoms with E-state index in [0.29, 0.717) is 17.5 Å². The van der Waals surface area contributed by atoms with Crippen molar-refractivity contribution in [2.24, 2.45) is 4.99 Å². The third-order valence-corrected chi connectivity index (χ3v) is 5.37. The van der Waals surface area contributed by atoms with Gasteiger partial charge in [0, 0.05) is 12.1 Å². The fourth-order valence-corrected chi connectivity index (χ4v) is 3.76. The summed E-state index contributed by atoms with van der Waals surface area (Å²) in [5.41, 5.74) is 1.44. The molecule has 3 rings (SSSR count). The van der Waals surface area contributed by atoms with Crippen LogP contribution < -0.4 is 15.4 Å². The molecule has 0 bridgehead atoms. The molecule has 0 aliphatic carbocycles. The number of aliphatic imine (C=N–C) groups is 1. The molecule has 7 heteroatoms. The number of anilines is 1. The first-order chi connectivity index (χ1) is 14.1. The lowest BCUT2D eigenvalue weighted by Gasteiger charge is -2.09. The molecule has 2 N–H and O–H groups in total. The van der Waals surface area contributed by atoms with Crippen LogP contribution in [0.2, 0.25) is 0 Å². The largest absolute Gasteiger partial charge is 0.494 e. The lowest BCUT2D eigenvalue weighted by Crippen LogP contribution is -2.28. The van der Waals surface area contributed by atoms with E-state index >= 15 is 0 Å². The van der Waals surface area contributed by atoms with Crippen LogP contribution in [0.1, 0.15) is 32.6 Å². The molecule has 2 amide bonds. The Kier molecular flexibility index (Phi) is 7.69. The van der Waals surface area contributed by atoms with Crippen LogP contribution in [0.3, 0.4) is 0 Å². The van der Waals surface area contributed by atoms with Crippen LogP contribution in [-0.2, 0) is 9.59 Å². The molecule has 0 saturated carbocycles. The van der Waals surface area contributed by atoms with E-state index in [-0.39, 0.29) is 18.2 Å². The van der Waals surface area contributed by atoms with Crippen LogP contribution in [0.15, 0.2) is 59.6 Å². The van der Waals surface area contributed by atoms with E-state index in [1.54, 1.807) is 12.1 Å². The van der Waals surface area contributed by atoms with Gasteiger partial charge in [0.15, 0.2) is 5.17 Å². The molecule has 152 valence electrons. The van der Waals surface area contributed by atoms with E-state index in [1.807, 2.05) is 42.5 Å². The van der Waals surface area contributed by atoms with Crippen molar-refractivity contribution in [1.82, 2.24) is 5.32 Å². The fraction of sp³-hybridized carbons (Fsp3) is 0.318. The SMILES string of the molecule is CCCCCOc1ccc(NC(=O)CC2SC(=Nc3ccccc3)NC2=O)cc1. The number of hydrogen-bond donors (Lipinski definition) is 2. The van der Waals surface area contributed by atoms with Crippen molar-refractivity contribution in [2.45, 2.75) is 37.9 Å². The predicted octanol–water partition coefficient (Wildman–Crippen LogP) is 4.50. The van der Waals surface area contributed by atoms with Crippen molar-refractivity contribution < 1.29 is 14.3 Å². The van der Waals surface area contributed by atoms with Gasteiger partial charge in [-0.15, -0.1) is 0 Å². The van der Waals surface area contributed by atoms with E-state index < -0.39 is 5.25 Å². The third kappa shape index (κ3) is 6.64. The second-order valence-corrected chi connectivity index (χ2v) is 7.87. The van der Waals surface area contributed by atoms with Crippen molar-refractivity contribution in [3.63, 3.8) is 0 Å². The molecular weight excluding hydrogens is 386 g/mol. The number of nitrogens with one attached hydrogen (secondary N) is 2. The number of amidine groups is 1. The Hall–Kier alpha value is -2.80. The number of carbonyl (C=O) groups excluding carboxylic acids is 2. The van der Waals surface area contributed by atoms with Crippen molar-refractivity contribution in [3.8, 4) is 5.75 Å². The standard InChI is InChI=1S/C22H25N3O3S/c1-2-3-7-14-28-18-12-10-17(11-13-18)23-20(26)15-19-21(27)25-22(29-19)24-16-8-5-4-6-9-16/h4-6,8-13,19H,2-3,7,14-15H2,1H3,(H,23,26)(H,24,25,27). The number of benzene rings is 2. The van der Waals surface area contributed by atoms with Gasteiger partial charge in [-0.2, -0.15) is 0 Å². The Labute approximate surface area is 175 Å². The molecule has 1 atom stereocenters. The zero-order valence-corrected chi connectivity index (χ0v) is 17.2. The smallest absolute Gasteiger partial charge is 0.240 e. The number of hydrogen-bond acceptors (Lipinski definition) is 5. The lowest BCUT2D eigenvalue weighted by atomic mass is 10.2. The summed E-state index contributed by atoms with van der Waals surface area (Å²) in [4.78, 5) is 28.9. The summed E-state index contributed by atoms with van der Waals surface area (Å²) in [6, 6.07) is 16.7. The predicted molar refractivity (Wildman–Crippen MR) is 118 cm³/mol. The number of ether oxygens (including phenoxy) is 1. The quantitative estimate of drug-likeness (QED) is 0.595. The molecule has 1 fully saturated rings. The minimum absolute atomic E-state index is 0.0829. The molecule has 2 aromatic carbocycles. The third-order valence-electron chi connectivity index (χ3n) is 4.29. The second kappa shape index (κ2) is 10.7. The highest BCUT2D eigenvalue weighted by molar-refractivity contribution is 8.15. The second-order valence-electron chi connectivity index (χ2n) is 6.68. The van der Waals surface area contributed by atoms with E-state index in [1.165, 1.54) is 11.8 Å². The van der Waals surface area contributed by atoms with Crippen molar-refractivity contribution in [3.05, 3.63) is 54.6 Å². The molecule has 29 heavy (non-hydrogen) atoms. The Balaban J connectivity index is 1.48. The van der Waals surface area contributed by atoms with Gasteiger partial charge < -0.3 is 15.4 Å². The first-order valence-electron chi connectivity index (χ1n) is 9.78. The van der Waals surface area contributed by atoms with Crippen LogP contribution in [0.4, 0.5) is 11.4 Å². The zero-order chi connectivity index (χ0) is 20.5. The lowest BCUT2D eigenvalue weighted by molar-refractivity contribution is -0.122. The number of unbranched alkanes of at least 4 members (excludes halogenated alkanes) is 2. The van der Waals surface area contributed by atoms with E-state index in [0.717, 1.165) is 30.7 Å². The van der Waals surface area contributed by atoms with Crippen molar-refractivity contribution in [1.29, 1.82) is 0 Å². The minimum Gasteiger partial charge on any atom is -0.494 e. The fourth-order valence-electron chi connectivity index (χ4n) is 2.77. The Bertz CT molecular complexity index is 853. The summed E-state index contributed by atoms with van der Waals surface area (Å²) in [6.45, 7) is 2.85. The molecule has 1 aliphatic rings. The maximum absolute atomic E-state index is 12.3. The summed E-state index contributed by atoms with van der Waals surface area (Å²) in [6.07, 6.45) is 3.43. The van der Waals surface area contributed by atoms with Crippen LogP contribution in [0, 0.1) is 0 Å². The molecule has 1 heterocycles. The summed E-state index contributed by atoms with van der Waals surface area (Å²) in [5.74, 6) is 0.373. The number of nitrogens with zero attached hydrogens (tertiary/aromatic N) is 1. The zero-order valence-electron chi connectivity index (χ0n) is 16.4. The van der Waals surface area contributed by atoms with Crippen LogP contribution in [-0.4, -0.2) is 28.8 Å². The Morgan fingerprint density at radius 1 is 1.14 bits per heavy atom. The van der Waals surface area contributed by atoms with Gasteiger partial charge in [0.25, 0.3) is 0 Å².